The van der Waals surface area contributed by atoms with Crippen molar-refractivity contribution >= 4 is 22.5 Å². The Morgan fingerprint density at radius 3 is 2.61 bits per heavy atom. The second kappa shape index (κ2) is 7.83. The van der Waals surface area contributed by atoms with E-state index in [1.165, 1.54) is 6.07 Å². The zero-order valence-electron chi connectivity index (χ0n) is 12.5. The highest BCUT2D eigenvalue weighted by molar-refractivity contribution is 7.86. The monoisotopic (exact) mass is 373 g/mol. The second-order valence-corrected chi connectivity index (χ2v) is 7.04. The van der Waals surface area contributed by atoms with Crippen LogP contribution in [0.2, 0.25) is 0 Å². The third-order valence-electron chi connectivity index (χ3n) is 3.54. The van der Waals surface area contributed by atoms with E-state index >= 15 is 0 Å². The average Bonchev–Trinajstić information content (AvgIpc) is 2.89. The fourth-order valence-electron chi connectivity index (χ4n) is 2.60. The molecule has 0 radical (unpaired) electrons. The lowest BCUT2D eigenvalue weighted by molar-refractivity contribution is -0.137. The van der Waals surface area contributed by atoms with E-state index in [0.29, 0.717) is 5.56 Å². The van der Waals surface area contributed by atoms with Crippen LogP contribution in [-0.4, -0.2) is 33.4 Å². The normalized spacial score (nSPS) is 20.1. The van der Waals surface area contributed by atoms with Gasteiger partial charge in [-0.2, -0.15) is 21.6 Å². The highest BCUT2D eigenvalue weighted by Crippen LogP contribution is 2.30. The molecule has 1 aliphatic heterocycles. The van der Waals surface area contributed by atoms with Crippen LogP contribution < -0.4 is 5.32 Å². The molecule has 2 atom stereocenters. The summed E-state index contributed by atoms with van der Waals surface area (Å²) < 4.78 is 66.1. The molecule has 0 amide bonds. The summed E-state index contributed by atoms with van der Waals surface area (Å²) >= 11 is 0. The predicted molar refractivity (Wildman–Crippen MR) is 83.1 cm³/mol. The Bertz CT molecular complexity index is 616. The molecule has 1 unspecified atom stereocenters. The van der Waals surface area contributed by atoms with Crippen LogP contribution in [0.25, 0.3) is 0 Å². The van der Waals surface area contributed by atoms with Gasteiger partial charge in [0.25, 0.3) is 10.1 Å². The van der Waals surface area contributed by atoms with E-state index in [9.17, 15) is 21.6 Å². The van der Waals surface area contributed by atoms with Gasteiger partial charge in [-0.1, -0.05) is 18.2 Å². The number of benzene rings is 1. The Balaban J connectivity index is 0.00000264. The summed E-state index contributed by atoms with van der Waals surface area (Å²) in [4.78, 5) is 0. The Labute approximate surface area is 139 Å². The van der Waals surface area contributed by atoms with Crippen LogP contribution in [0.1, 0.15) is 24.0 Å². The van der Waals surface area contributed by atoms with Crippen molar-refractivity contribution < 1.29 is 25.8 Å². The number of hydrogen-bond acceptors (Lipinski definition) is 4. The van der Waals surface area contributed by atoms with Gasteiger partial charge in [-0.15, -0.1) is 12.4 Å². The van der Waals surface area contributed by atoms with Crippen molar-refractivity contribution in [2.75, 3.05) is 12.8 Å². The first kappa shape index (κ1) is 20.2. The first-order valence-electron chi connectivity index (χ1n) is 6.93. The molecule has 23 heavy (non-hydrogen) atoms. The van der Waals surface area contributed by atoms with E-state index in [-0.39, 0.29) is 24.9 Å². The van der Waals surface area contributed by atoms with E-state index in [1.807, 2.05) is 0 Å². The first-order valence-corrected chi connectivity index (χ1v) is 8.74. The summed E-state index contributed by atoms with van der Waals surface area (Å²) in [6.07, 6.45) is -2.46. The van der Waals surface area contributed by atoms with Crippen LogP contribution in [0.15, 0.2) is 24.3 Å². The Morgan fingerprint density at radius 1 is 1.39 bits per heavy atom. The van der Waals surface area contributed by atoms with E-state index in [2.05, 4.69) is 5.32 Å². The molecule has 0 aliphatic carbocycles. The zero-order chi connectivity index (χ0) is 16.4. The maximum Gasteiger partial charge on any atom is 0.416 e. The molecule has 1 aromatic carbocycles. The molecule has 4 nitrogen and oxygen atoms in total. The molecule has 1 N–H and O–H groups in total. The largest absolute Gasteiger partial charge is 0.416 e. The van der Waals surface area contributed by atoms with E-state index in [4.69, 9.17) is 4.18 Å². The van der Waals surface area contributed by atoms with Crippen LogP contribution >= 0.6 is 12.4 Å². The summed E-state index contributed by atoms with van der Waals surface area (Å²) in [5, 5.41) is 3.13. The van der Waals surface area contributed by atoms with Gasteiger partial charge in [0.1, 0.15) is 0 Å². The van der Waals surface area contributed by atoms with Crippen LogP contribution in [0.5, 0.6) is 0 Å². The fraction of sp³-hybridized carbons (Fsp3) is 0.571. The van der Waals surface area contributed by atoms with Crippen molar-refractivity contribution in [3.05, 3.63) is 35.4 Å². The number of hydrogen-bond donors (Lipinski definition) is 1. The quantitative estimate of drug-likeness (QED) is 0.806. The summed E-state index contributed by atoms with van der Waals surface area (Å²) in [7, 11) is -3.68. The average molecular weight is 374 g/mol. The van der Waals surface area contributed by atoms with E-state index in [1.54, 1.807) is 6.07 Å². The number of nitrogens with one attached hydrogen (secondary N) is 1. The van der Waals surface area contributed by atoms with Gasteiger partial charge < -0.3 is 5.32 Å². The molecule has 0 aromatic heterocycles. The van der Waals surface area contributed by atoms with Crippen molar-refractivity contribution in [1.82, 2.24) is 5.32 Å². The summed E-state index contributed by atoms with van der Waals surface area (Å²) in [6, 6.07) is 4.71. The van der Waals surface area contributed by atoms with Crippen LogP contribution in [-0.2, 0) is 26.9 Å². The lowest BCUT2D eigenvalue weighted by atomic mass is 9.99. The second-order valence-electron chi connectivity index (χ2n) is 5.44. The van der Waals surface area contributed by atoms with Crippen LogP contribution in [0.4, 0.5) is 13.2 Å². The van der Waals surface area contributed by atoms with E-state index < -0.39 is 28.0 Å². The molecule has 132 valence electrons. The van der Waals surface area contributed by atoms with Gasteiger partial charge in [-0.3, -0.25) is 4.18 Å². The van der Waals surface area contributed by atoms with Crippen molar-refractivity contribution in [3.63, 3.8) is 0 Å². The van der Waals surface area contributed by atoms with Gasteiger partial charge in [0.2, 0.25) is 0 Å². The van der Waals surface area contributed by atoms with Gasteiger partial charge >= 0.3 is 6.18 Å². The van der Waals surface area contributed by atoms with Gasteiger partial charge in [-0.25, -0.2) is 0 Å². The molecule has 9 heteroatoms. The lowest BCUT2D eigenvalue weighted by Crippen LogP contribution is -2.39. The maximum atomic E-state index is 12.7. The molecule has 1 aliphatic rings. The smallest absolute Gasteiger partial charge is 0.311 e. The number of halogens is 4. The molecular formula is C14H19ClF3NO3S. The lowest BCUT2D eigenvalue weighted by Gasteiger charge is -2.23. The third kappa shape index (κ3) is 6.29. The van der Waals surface area contributed by atoms with Gasteiger partial charge in [0.15, 0.2) is 0 Å². The summed E-state index contributed by atoms with van der Waals surface area (Å²) in [5.74, 6) is 0. The SMILES string of the molecule is CS(=O)(=O)OC(Cc1cccc(C(F)(F)F)c1)[C@H]1CCCN1.Cl. The minimum absolute atomic E-state index is 0. The van der Waals surface area contributed by atoms with Crippen LogP contribution in [0, 0.1) is 0 Å². The number of alkyl halides is 3. The molecule has 1 fully saturated rings. The Kier molecular flexibility index (Phi) is 6.88. The molecule has 2 rings (SSSR count). The molecular weight excluding hydrogens is 355 g/mol. The standard InChI is InChI=1S/C14H18F3NO3S.ClH/c1-22(19,20)21-13(12-6-3-7-18-12)9-10-4-2-5-11(8-10)14(15,16)17;/h2,4-5,8,12-13,18H,3,6-7,9H2,1H3;1H/t12-,13?;/m1./s1. The van der Waals surface area contributed by atoms with Crippen LogP contribution in [0.3, 0.4) is 0 Å². The van der Waals surface area contributed by atoms with Gasteiger partial charge in [-0.05, 0) is 31.0 Å². The van der Waals surface area contributed by atoms with Gasteiger partial charge in [0.05, 0.1) is 17.9 Å². The zero-order valence-corrected chi connectivity index (χ0v) is 14.1. The molecule has 0 saturated carbocycles. The topological polar surface area (TPSA) is 55.4 Å². The van der Waals surface area contributed by atoms with Crippen molar-refractivity contribution in [2.45, 2.75) is 37.6 Å². The van der Waals surface area contributed by atoms with Crippen molar-refractivity contribution in [2.24, 2.45) is 0 Å². The van der Waals surface area contributed by atoms with Crippen molar-refractivity contribution in [1.29, 1.82) is 0 Å². The first-order chi connectivity index (χ1) is 10.1. The summed E-state index contributed by atoms with van der Waals surface area (Å²) in [6.45, 7) is 0.747. The van der Waals surface area contributed by atoms with Gasteiger partial charge in [0, 0.05) is 12.5 Å². The van der Waals surface area contributed by atoms with E-state index in [0.717, 1.165) is 37.8 Å². The molecule has 1 heterocycles. The predicted octanol–water partition coefficient (Wildman–Crippen LogP) is 2.77. The molecule has 0 bridgehead atoms. The Morgan fingerprint density at radius 2 is 2.09 bits per heavy atom. The van der Waals surface area contributed by atoms with Crippen molar-refractivity contribution in [3.8, 4) is 0 Å². The minimum Gasteiger partial charge on any atom is -0.311 e. The molecule has 1 saturated heterocycles. The third-order valence-corrected chi connectivity index (χ3v) is 4.13. The highest BCUT2D eigenvalue weighted by Gasteiger charge is 2.32. The highest BCUT2D eigenvalue weighted by atomic mass is 35.5. The maximum absolute atomic E-state index is 12.7. The summed E-state index contributed by atoms with van der Waals surface area (Å²) in [5.41, 5.74) is -0.348. The minimum atomic E-state index is -4.42. The molecule has 0 spiro atoms. The number of rotatable bonds is 5. The Hall–Kier alpha value is -0.830. The molecule has 1 aromatic rings. The fourth-order valence-corrected chi connectivity index (χ4v) is 3.25.